The number of anilines is 1. The molecule has 126 valence electrons. The summed E-state index contributed by atoms with van der Waals surface area (Å²) in [6.07, 6.45) is 8.93. The van der Waals surface area contributed by atoms with Crippen LogP contribution in [0.3, 0.4) is 0 Å². The number of imidazole rings is 1. The van der Waals surface area contributed by atoms with E-state index in [0.29, 0.717) is 5.92 Å². The van der Waals surface area contributed by atoms with Crippen molar-refractivity contribution in [1.29, 1.82) is 0 Å². The molecule has 24 heavy (non-hydrogen) atoms. The van der Waals surface area contributed by atoms with E-state index in [1.807, 2.05) is 6.20 Å². The minimum atomic E-state index is 0.704. The molecule has 3 aromatic rings. The standard InChI is InChI=1S/C17H23N7/c1-3-15-10-16(17-20-19-12-24(17)21-15)22-7-4-14(5-8-22)11-23-9-6-18-13(23)2/h6,9-10,12,14H,3-5,7-8,11H2,1-2H3. The van der Waals surface area contributed by atoms with Gasteiger partial charge in [0.1, 0.15) is 12.2 Å². The Morgan fingerprint density at radius 3 is 2.79 bits per heavy atom. The Labute approximate surface area is 141 Å². The molecule has 1 fully saturated rings. The topological polar surface area (TPSA) is 64.1 Å². The third kappa shape index (κ3) is 2.74. The fourth-order valence-electron chi connectivity index (χ4n) is 3.50. The molecule has 0 aliphatic carbocycles. The maximum Gasteiger partial charge on any atom is 0.200 e. The van der Waals surface area contributed by atoms with Crippen molar-refractivity contribution in [2.24, 2.45) is 5.92 Å². The van der Waals surface area contributed by atoms with Crippen LogP contribution in [0.5, 0.6) is 0 Å². The normalized spacial score (nSPS) is 16.2. The molecule has 0 N–H and O–H groups in total. The highest BCUT2D eigenvalue weighted by molar-refractivity contribution is 5.68. The first-order valence-corrected chi connectivity index (χ1v) is 8.67. The number of piperidine rings is 1. The van der Waals surface area contributed by atoms with Crippen molar-refractivity contribution in [3.63, 3.8) is 0 Å². The number of rotatable bonds is 4. The van der Waals surface area contributed by atoms with Gasteiger partial charge in [-0.1, -0.05) is 6.92 Å². The maximum atomic E-state index is 4.54. The quantitative estimate of drug-likeness (QED) is 0.735. The fourth-order valence-corrected chi connectivity index (χ4v) is 3.50. The van der Waals surface area contributed by atoms with E-state index in [-0.39, 0.29) is 0 Å². The average Bonchev–Trinajstić information content (AvgIpc) is 3.24. The van der Waals surface area contributed by atoms with Gasteiger partial charge in [0.25, 0.3) is 0 Å². The van der Waals surface area contributed by atoms with Crippen molar-refractivity contribution >= 4 is 11.3 Å². The molecule has 0 saturated carbocycles. The van der Waals surface area contributed by atoms with Crippen LogP contribution in [0.15, 0.2) is 24.8 Å². The lowest BCUT2D eigenvalue weighted by Crippen LogP contribution is -2.35. The van der Waals surface area contributed by atoms with E-state index in [2.05, 4.69) is 55.9 Å². The predicted octanol–water partition coefficient (Wildman–Crippen LogP) is 2.11. The smallest absolute Gasteiger partial charge is 0.200 e. The zero-order valence-electron chi connectivity index (χ0n) is 14.3. The van der Waals surface area contributed by atoms with Crippen molar-refractivity contribution in [2.45, 2.75) is 39.7 Å². The monoisotopic (exact) mass is 325 g/mol. The van der Waals surface area contributed by atoms with Crippen LogP contribution in [-0.2, 0) is 13.0 Å². The molecule has 3 aromatic heterocycles. The largest absolute Gasteiger partial charge is 0.368 e. The van der Waals surface area contributed by atoms with Crippen LogP contribution in [0.25, 0.3) is 5.65 Å². The van der Waals surface area contributed by atoms with Crippen LogP contribution in [-0.4, -0.2) is 42.5 Å². The number of hydrogen-bond donors (Lipinski definition) is 0. The Hall–Kier alpha value is -2.44. The van der Waals surface area contributed by atoms with Crippen LogP contribution in [0.1, 0.15) is 31.3 Å². The Morgan fingerprint density at radius 2 is 2.08 bits per heavy atom. The zero-order chi connectivity index (χ0) is 16.5. The third-order valence-electron chi connectivity index (χ3n) is 5.00. The van der Waals surface area contributed by atoms with Crippen molar-refractivity contribution in [1.82, 2.24) is 29.4 Å². The second kappa shape index (κ2) is 6.22. The molecule has 4 heterocycles. The lowest BCUT2D eigenvalue weighted by molar-refractivity contribution is 0.354. The number of aromatic nitrogens is 6. The van der Waals surface area contributed by atoms with E-state index in [9.17, 15) is 0 Å². The molecule has 0 unspecified atom stereocenters. The summed E-state index contributed by atoms with van der Waals surface area (Å²) in [5, 5.41) is 12.8. The Balaban J connectivity index is 1.50. The fraction of sp³-hybridized carbons (Fsp3) is 0.529. The Morgan fingerprint density at radius 1 is 1.25 bits per heavy atom. The molecule has 0 spiro atoms. The zero-order valence-corrected chi connectivity index (χ0v) is 14.3. The van der Waals surface area contributed by atoms with Crippen molar-refractivity contribution in [3.05, 3.63) is 36.3 Å². The van der Waals surface area contributed by atoms with Gasteiger partial charge in [0.2, 0.25) is 5.65 Å². The highest BCUT2D eigenvalue weighted by atomic mass is 15.4. The van der Waals surface area contributed by atoms with Gasteiger partial charge in [-0.25, -0.2) is 4.98 Å². The van der Waals surface area contributed by atoms with Crippen LogP contribution in [0.2, 0.25) is 0 Å². The van der Waals surface area contributed by atoms with Crippen LogP contribution >= 0.6 is 0 Å². The van der Waals surface area contributed by atoms with E-state index >= 15 is 0 Å². The van der Waals surface area contributed by atoms with E-state index in [0.717, 1.165) is 48.9 Å². The molecule has 4 rings (SSSR count). The summed E-state index contributed by atoms with van der Waals surface area (Å²) in [5.74, 6) is 1.81. The summed E-state index contributed by atoms with van der Waals surface area (Å²) in [6.45, 7) is 7.36. The number of hydrogen-bond acceptors (Lipinski definition) is 5. The molecular weight excluding hydrogens is 302 g/mol. The molecular formula is C17H23N7. The Bertz CT molecular complexity index is 826. The van der Waals surface area contributed by atoms with Gasteiger partial charge in [0, 0.05) is 32.0 Å². The molecule has 0 bridgehead atoms. The SMILES string of the molecule is CCc1cc(N2CCC(Cn3ccnc3C)CC2)c2nncn2n1. The Kier molecular flexibility index (Phi) is 3.92. The molecule has 0 atom stereocenters. The molecule has 7 nitrogen and oxygen atoms in total. The van der Waals surface area contributed by atoms with Crippen molar-refractivity contribution in [3.8, 4) is 0 Å². The first-order chi connectivity index (χ1) is 11.7. The number of aryl methyl sites for hydroxylation is 2. The molecule has 0 aromatic carbocycles. The molecule has 1 aliphatic rings. The van der Waals surface area contributed by atoms with E-state index in [1.165, 1.54) is 12.8 Å². The summed E-state index contributed by atoms with van der Waals surface area (Å²) in [6, 6.07) is 2.17. The molecule has 0 amide bonds. The summed E-state index contributed by atoms with van der Waals surface area (Å²) < 4.78 is 4.06. The van der Waals surface area contributed by atoms with E-state index in [4.69, 9.17) is 0 Å². The van der Waals surface area contributed by atoms with Gasteiger partial charge in [-0.3, -0.25) is 0 Å². The van der Waals surface area contributed by atoms with Gasteiger partial charge >= 0.3 is 0 Å². The van der Waals surface area contributed by atoms with Gasteiger partial charge in [0.15, 0.2) is 0 Å². The van der Waals surface area contributed by atoms with E-state index < -0.39 is 0 Å². The maximum absolute atomic E-state index is 4.54. The molecule has 7 heteroatoms. The minimum Gasteiger partial charge on any atom is -0.368 e. The highest BCUT2D eigenvalue weighted by Gasteiger charge is 2.22. The first kappa shape index (κ1) is 15.1. The van der Waals surface area contributed by atoms with Crippen molar-refractivity contribution < 1.29 is 0 Å². The summed E-state index contributed by atoms with van der Waals surface area (Å²) >= 11 is 0. The molecule has 1 aliphatic heterocycles. The first-order valence-electron chi connectivity index (χ1n) is 8.67. The van der Waals surface area contributed by atoms with Gasteiger partial charge in [0.05, 0.1) is 11.4 Å². The average molecular weight is 325 g/mol. The van der Waals surface area contributed by atoms with Gasteiger partial charge in [-0.05, 0) is 38.2 Å². The van der Waals surface area contributed by atoms with Crippen LogP contribution < -0.4 is 4.90 Å². The third-order valence-corrected chi connectivity index (χ3v) is 5.00. The van der Waals surface area contributed by atoms with Crippen LogP contribution in [0.4, 0.5) is 5.69 Å². The summed E-state index contributed by atoms with van der Waals surface area (Å²) in [7, 11) is 0. The minimum absolute atomic E-state index is 0.704. The van der Waals surface area contributed by atoms with E-state index in [1.54, 1.807) is 10.8 Å². The second-order valence-electron chi connectivity index (χ2n) is 6.53. The lowest BCUT2D eigenvalue weighted by atomic mass is 9.96. The number of fused-ring (bicyclic) bond motifs is 1. The molecule has 0 radical (unpaired) electrons. The predicted molar refractivity (Wildman–Crippen MR) is 92.1 cm³/mol. The van der Waals surface area contributed by atoms with Crippen molar-refractivity contribution in [2.75, 3.05) is 18.0 Å². The highest BCUT2D eigenvalue weighted by Crippen LogP contribution is 2.27. The molecule has 1 saturated heterocycles. The van der Waals surface area contributed by atoms with Crippen LogP contribution in [0, 0.1) is 12.8 Å². The second-order valence-corrected chi connectivity index (χ2v) is 6.53. The summed E-state index contributed by atoms with van der Waals surface area (Å²) in [4.78, 5) is 6.75. The van der Waals surface area contributed by atoms with Gasteiger partial charge < -0.3 is 9.47 Å². The number of nitrogens with zero attached hydrogens (tertiary/aromatic N) is 7. The van der Waals surface area contributed by atoms with Gasteiger partial charge in [-0.2, -0.15) is 9.61 Å². The van der Waals surface area contributed by atoms with Gasteiger partial charge in [-0.15, -0.1) is 10.2 Å². The lowest BCUT2D eigenvalue weighted by Gasteiger charge is -2.34. The summed E-state index contributed by atoms with van der Waals surface area (Å²) in [5.41, 5.74) is 3.10.